The number of nitrogens with one attached hydrogen (secondary N) is 1. The van der Waals surface area contributed by atoms with Gasteiger partial charge in [-0.15, -0.1) is 11.3 Å². The maximum absolute atomic E-state index is 13.7. The zero-order valence-electron chi connectivity index (χ0n) is 13.9. The van der Waals surface area contributed by atoms with Crippen molar-refractivity contribution < 1.29 is 4.39 Å². The summed E-state index contributed by atoms with van der Waals surface area (Å²) in [5, 5.41) is 4.96. The zero-order chi connectivity index (χ0) is 18.4. The van der Waals surface area contributed by atoms with Crippen LogP contribution in [0.25, 0.3) is 31.1 Å². The van der Waals surface area contributed by atoms with Gasteiger partial charge < -0.3 is 5.32 Å². The topological polar surface area (TPSA) is 54.9 Å². The van der Waals surface area contributed by atoms with E-state index in [1.165, 1.54) is 23.5 Å². The van der Waals surface area contributed by atoms with Gasteiger partial charge in [0.15, 0.2) is 5.43 Å². The molecule has 3 aromatic heterocycles. The number of para-hydroxylation sites is 1. The van der Waals surface area contributed by atoms with Crippen LogP contribution in [0, 0.1) is 5.82 Å². The van der Waals surface area contributed by atoms with Gasteiger partial charge in [-0.25, -0.2) is 9.37 Å². The summed E-state index contributed by atoms with van der Waals surface area (Å²) in [6.45, 7) is 0. The highest BCUT2D eigenvalue weighted by atomic mass is 32.1. The predicted octanol–water partition coefficient (Wildman–Crippen LogP) is 5.24. The van der Waals surface area contributed by atoms with Crippen LogP contribution < -0.4 is 10.7 Å². The second-order valence-electron chi connectivity index (χ2n) is 6.12. The van der Waals surface area contributed by atoms with Gasteiger partial charge in [-0.05, 0) is 36.4 Å². The van der Waals surface area contributed by atoms with Crippen LogP contribution in [0.3, 0.4) is 0 Å². The maximum atomic E-state index is 13.7. The molecular formula is C21H12FN3OS. The Kier molecular flexibility index (Phi) is 3.58. The lowest BCUT2D eigenvalue weighted by atomic mass is 10.1. The first kappa shape index (κ1) is 15.8. The molecule has 0 amide bonds. The Morgan fingerprint density at radius 2 is 1.89 bits per heavy atom. The van der Waals surface area contributed by atoms with E-state index in [1.807, 2.05) is 36.4 Å². The smallest absolute Gasteiger partial charge is 0.196 e. The summed E-state index contributed by atoms with van der Waals surface area (Å²) in [4.78, 5) is 22.1. The van der Waals surface area contributed by atoms with Gasteiger partial charge in [0.25, 0.3) is 0 Å². The third-order valence-corrected chi connectivity index (χ3v) is 5.57. The van der Waals surface area contributed by atoms with Crippen molar-refractivity contribution in [2.45, 2.75) is 0 Å². The molecule has 0 spiro atoms. The normalized spacial score (nSPS) is 11.3. The number of pyridine rings is 2. The van der Waals surface area contributed by atoms with E-state index in [0.717, 1.165) is 20.5 Å². The molecule has 0 aliphatic rings. The minimum absolute atomic E-state index is 0.189. The molecule has 3 heterocycles. The molecule has 2 aromatic carbocycles. The Balaban J connectivity index is 1.92. The van der Waals surface area contributed by atoms with Crippen molar-refractivity contribution in [3.8, 4) is 0 Å². The fraction of sp³-hybridized carbons (Fsp3) is 0. The van der Waals surface area contributed by atoms with Crippen LogP contribution in [-0.4, -0.2) is 9.97 Å². The van der Waals surface area contributed by atoms with Crippen molar-refractivity contribution in [3.63, 3.8) is 0 Å². The van der Waals surface area contributed by atoms with E-state index in [4.69, 9.17) is 4.98 Å². The molecule has 0 aliphatic heterocycles. The van der Waals surface area contributed by atoms with Crippen LogP contribution in [0.1, 0.15) is 0 Å². The van der Waals surface area contributed by atoms with Crippen molar-refractivity contribution in [3.05, 3.63) is 83.0 Å². The largest absolute Gasteiger partial charge is 0.338 e. The summed E-state index contributed by atoms with van der Waals surface area (Å²) in [6.07, 6.45) is 3.39. The maximum Gasteiger partial charge on any atom is 0.196 e. The highest BCUT2D eigenvalue weighted by molar-refractivity contribution is 7.25. The molecule has 5 rings (SSSR count). The molecule has 6 heteroatoms. The number of fused-ring (bicyclic) bond motifs is 4. The molecular weight excluding hydrogens is 361 g/mol. The van der Waals surface area contributed by atoms with Crippen molar-refractivity contribution in [1.82, 2.24) is 9.97 Å². The lowest BCUT2D eigenvalue weighted by molar-refractivity contribution is 0.630. The summed E-state index contributed by atoms with van der Waals surface area (Å²) in [6, 6.07) is 15.5. The van der Waals surface area contributed by atoms with E-state index in [9.17, 15) is 9.18 Å². The quantitative estimate of drug-likeness (QED) is 0.340. The van der Waals surface area contributed by atoms with Gasteiger partial charge in [-0.3, -0.25) is 9.78 Å². The Bertz CT molecular complexity index is 1380. The fourth-order valence-corrected chi connectivity index (χ4v) is 4.31. The summed E-state index contributed by atoms with van der Waals surface area (Å²) in [7, 11) is 0. The van der Waals surface area contributed by atoms with Crippen LogP contribution in [0.2, 0.25) is 0 Å². The molecule has 0 unspecified atom stereocenters. The summed E-state index contributed by atoms with van der Waals surface area (Å²) < 4.78 is 15.2. The van der Waals surface area contributed by atoms with Gasteiger partial charge in [-0.2, -0.15) is 0 Å². The summed E-state index contributed by atoms with van der Waals surface area (Å²) in [5.74, 6) is 0.170. The summed E-state index contributed by atoms with van der Waals surface area (Å²) >= 11 is 1.42. The van der Waals surface area contributed by atoms with Gasteiger partial charge in [0.05, 0.1) is 27.5 Å². The Labute approximate surface area is 157 Å². The van der Waals surface area contributed by atoms with E-state index < -0.39 is 5.82 Å². The number of nitrogens with zero attached hydrogens (tertiary/aromatic N) is 2. The van der Waals surface area contributed by atoms with Crippen molar-refractivity contribution in [2.24, 2.45) is 0 Å². The van der Waals surface area contributed by atoms with Crippen LogP contribution in [-0.2, 0) is 0 Å². The number of halogens is 1. The van der Waals surface area contributed by atoms with Crippen LogP contribution in [0.4, 0.5) is 15.9 Å². The Morgan fingerprint density at radius 1 is 1.00 bits per heavy atom. The highest BCUT2D eigenvalue weighted by Gasteiger charge is 2.15. The number of hydrogen-bond acceptors (Lipinski definition) is 5. The van der Waals surface area contributed by atoms with E-state index in [2.05, 4.69) is 10.3 Å². The first-order valence-electron chi connectivity index (χ1n) is 8.32. The minimum Gasteiger partial charge on any atom is -0.338 e. The average Bonchev–Trinajstić information content (AvgIpc) is 2.69. The second kappa shape index (κ2) is 6.10. The molecule has 0 fully saturated rings. The molecule has 0 aliphatic carbocycles. The van der Waals surface area contributed by atoms with Gasteiger partial charge in [0.1, 0.15) is 11.6 Å². The number of hydrogen-bond donors (Lipinski definition) is 1. The summed E-state index contributed by atoms with van der Waals surface area (Å²) in [5.41, 5.74) is 1.29. The third-order valence-electron chi connectivity index (χ3n) is 4.40. The van der Waals surface area contributed by atoms with Crippen molar-refractivity contribution in [1.29, 1.82) is 0 Å². The highest BCUT2D eigenvalue weighted by Crippen LogP contribution is 2.35. The number of anilines is 2. The molecule has 27 heavy (non-hydrogen) atoms. The molecule has 4 nitrogen and oxygen atoms in total. The van der Waals surface area contributed by atoms with Gasteiger partial charge >= 0.3 is 0 Å². The lowest BCUT2D eigenvalue weighted by Gasteiger charge is -2.11. The van der Waals surface area contributed by atoms with Crippen molar-refractivity contribution in [2.75, 3.05) is 5.32 Å². The van der Waals surface area contributed by atoms with Gasteiger partial charge in [0.2, 0.25) is 0 Å². The average molecular weight is 373 g/mol. The van der Waals surface area contributed by atoms with Gasteiger partial charge in [-0.1, -0.05) is 18.2 Å². The van der Waals surface area contributed by atoms with Gasteiger partial charge in [0, 0.05) is 21.7 Å². The second-order valence-corrected chi connectivity index (χ2v) is 7.17. The standard InChI is InChI=1S/C21H12FN3OS/c22-12-7-8-17-15(10-12)19(26)18-14-5-1-2-6-16(14)25-21(20(18)27-17)24-13-4-3-9-23-11-13/h1-11H,(H,24,25). The molecule has 0 atom stereocenters. The molecule has 0 saturated carbocycles. The third kappa shape index (κ3) is 2.62. The fourth-order valence-electron chi connectivity index (χ4n) is 3.19. The van der Waals surface area contributed by atoms with Crippen LogP contribution in [0.5, 0.6) is 0 Å². The number of rotatable bonds is 2. The Morgan fingerprint density at radius 3 is 2.74 bits per heavy atom. The van der Waals surface area contributed by atoms with Crippen LogP contribution in [0.15, 0.2) is 71.8 Å². The first-order chi connectivity index (χ1) is 13.2. The van der Waals surface area contributed by atoms with E-state index in [1.54, 1.807) is 18.5 Å². The zero-order valence-corrected chi connectivity index (χ0v) is 14.8. The lowest BCUT2D eigenvalue weighted by Crippen LogP contribution is -2.05. The Hall–Kier alpha value is -3.38. The molecule has 0 saturated heterocycles. The molecule has 1 N–H and O–H groups in total. The predicted molar refractivity (Wildman–Crippen MR) is 108 cm³/mol. The van der Waals surface area contributed by atoms with E-state index >= 15 is 0 Å². The van der Waals surface area contributed by atoms with E-state index in [-0.39, 0.29) is 5.43 Å². The minimum atomic E-state index is -0.418. The molecule has 0 radical (unpaired) electrons. The monoisotopic (exact) mass is 373 g/mol. The molecule has 5 aromatic rings. The van der Waals surface area contributed by atoms with Crippen molar-refractivity contribution >= 4 is 53.9 Å². The van der Waals surface area contributed by atoms with Crippen LogP contribution >= 0.6 is 11.3 Å². The first-order valence-corrected chi connectivity index (χ1v) is 9.14. The molecule has 130 valence electrons. The van der Waals surface area contributed by atoms with E-state index in [0.29, 0.717) is 22.1 Å². The SMILES string of the molecule is O=c1c2cc(F)ccc2sc2c(Nc3cccnc3)nc3ccccc3c12. The number of benzene rings is 2. The molecule has 0 bridgehead atoms. The number of aromatic nitrogens is 2.